The zero-order valence-electron chi connectivity index (χ0n) is 11.8. The monoisotopic (exact) mass is 291 g/mol. The number of amides is 1. The van der Waals surface area contributed by atoms with E-state index >= 15 is 0 Å². The van der Waals surface area contributed by atoms with Gasteiger partial charge >= 0.3 is 5.97 Å². The lowest BCUT2D eigenvalue weighted by molar-refractivity contribution is -0.157. The summed E-state index contributed by atoms with van der Waals surface area (Å²) in [6, 6.07) is -0.534. The number of likely N-dealkylation sites (tertiary alicyclic amines) is 1. The highest BCUT2D eigenvalue weighted by Gasteiger charge is 2.51. The van der Waals surface area contributed by atoms with Crippen molar-refractivity contribution in [2.75, 3.05) is 20.3 Å². The average Bonchev–Trinajstić information content (AvgIpc) is 3.01. The van der Waals surface area contributed by atoms with Gasteiger partial charge < -0.3 is 14.4 Å². The highest BCUT2D eigenvalue weighted by Crippen LogP contribution is 2.40. The molecule has 1 amide bonds. The van der Waals surface area contributed by atoms with E-state index in [0.717, 1.165) is 6.42 Å². The van der Waals surface area contributed by atoms with Crippen LogP contribution in [-0.2, 0) is 23.9 Å². The van der Waals surface area contributed by atoms with Gasteiger partial charge in [-0.3, -0.25) is 9.59 Å². The van der Waals surface area contributed by atoms with Crippen molar-refractivity contribution in [2.45, 2.75) is 24.5 Å². The molecular weight excluding hydrogens is 274 g/mol. The van der Waals surface area contributed by atoms with E-state index < -0.39 is 17.6 Å². The summed E-state index contributed by atoms with van der Waals surface area (Å²) in [6.45, 7) is 0.308. The summed E-state index contributed by atoms with van der Waals surface area (Å²) in [6.07, 6.45) is 8.20. The molecule has 0 aromatic carbocycles. The van der Waals surface area contributed by atoms with Crippen molar-refractivity contribution in [1.29, 1.82) is 0 Å². The van der Waals surface area contributed by atoms with Gasteiger partial charge in [0.05, 0.1) is 7.11 Å². The number of carbonyl (C=O) groups excluding carboxylic acids is 3. The summed E-state index contributed by atoms with van der Waals surface area (Å²) < 4.78 is 10.3. The van der Waals surface area contributed by atoms with Crippen LogP contribution in [0.15, 0.2) is 24.3 Å². The van der Waals surface area contributed by atoms with Crippen LogP contribution in [0, 0.1) is 5.92 Å². The second-order valence-electron chi connectivity index (χ2n) is 5.46. The Kier molecular flexibility index (Phi) is 3.41. The normalized spacial score (nSPS) is 33.0. The van der Waals surface area contributed by atoms with E-state index in [-0.39, 0.29) is 24.2 Å². The minimum Gasteiger partial charge on any atom is -0.467 e. The summed E-state index contributed by atoms with van der Waals surface area (Å²) in [5.74, 6) is -0.892. The number of esters is 1. The van der Waals surface area contributed by atoms with Crippen LogP contribution in [0.4, 0.5) is 0 Å². The van der Waals surface area contributed by atoms with Crippen LogP contribution < -0.4 is 0 Å². The van der Waals surface area contributed by atoms with Crippen molar-refractivity contribution < 1.29 is 23.9 Å². The molecule has 1 heterocycles. The topological polar surface area (TPSA) is 72.9 Å². The molecule has 1 fully saturated rings. The van der Waals surface area contributed by atoms with Gasteiger partial charge in [0.15, 0.2) is 11.4 Å². The van der Waals surface area contributed by atoms with E-state index in [1.807, 2.05) is 6.08 Å². The molecule has 2 aliphatic carbocycles. The lowest BCUT2D eigenvalue weighted by Gasteiger charge is -2.36. The van der Waals surface area contributed by atoms with Gasteiger partial charge in [-0.05, 0) is 25.0 Å². The summed E-state index contributed by atoms with van der Waals surface area (Å²) >= 11 is 0. The van der Waals surface area contributed by atoms with Gasteiger partial charge in [0.25, 0.3) is 0 Å². The Balaban J connectivity index is 1.61. The molecule has 6 heteroatoms. The van der Waals surface area contributed by atoms with Crippen LogP contribution in [0.25, 0.3) is 0 Å². The maximum atomic E-state index is 12.2. The molecule has 3 aliphatic rings. The molecule has 0 aromatic heterocycles. The second kappa shape index (κ2) is 5.11. The third kappa shape index (κ3) is 2.10. The molecule has 3 atom stereocenters. The van der Waals surface area contributed by atoms with Gasteiger partial charge in [-0.25, -0.2) is 4.79 Å². The summed E-state index contributed by atoms with van der Waals surface area (Å²) in [7, 11) is 1.31. The van der Waals surface area contributed by atoms with Gasteiger partial charge in [0.1, 0.15) is 12.6 Å². The van der Waals surface area contributed by atoms with Crippen molar-refractivity contribution in [1.82, 2.24) is 4.90 Å². The van der Waals surface area contributed by atoms with Crippen LogP contribution in [0.2, 0.25) is 0 Å². The fraction of sp³-hybridized carbons (Fsp3) is 0.533. The largest absolute Gasteiger partial charge is 0.467 e. The Morgan fingerprint density at radius 1 is 1.43 bits per heavy atom. The first-order valence-electron chi connectivity index (χ1n) is 7.02. The van der Waals surface area contributed by atoms with Crippen LogP contribution in [0.5, 0.6) is 0 Å². The summed E-state index contributed by atoms with van der Waals surface area (Å²) in [4.78, 5) is 37.2. The summed E-state index contributed by atoms with van der Waals surface area (Å²) in [5, 5.41) is 0. The molecule has 1 saturated heterocycles. The number of hydrogen-bond acceptors (Lipinski definition) is 5. The molecular formula is C15H17NO5. The number of methoxy groups -OCH3 is 1. The SMILES string of the molecule is COC(=O)[C@@H]1CCCN1C(=O)COC12C=CC1C=CC2=O. The molecule has 3 rings (SSSR count). The molecule has 21 heavy (non-hydrogen) atoms. The Morgan fingerprint density at radius 3 is 2.86 bits per heavy atom. The van der Waals surface area contributed by atoms with E-state index in [1.165, 1.54) is 18.1 Å². The minimum absolute atomic E-state index is 0.0761. The quantitative estimate of drug-likeness (QED) is 0.547. The number of carbonyl (C=O) groups is 3. The maximum Gasteiger partial charge on any atom is 0.328 e. The molecule has 0 spiro atoms. The van der Waals surface area contributed by atoms with Crippen LogP contribution in [0.1, 0.15) is 12.8 Å². The molecule has 0 N–H and O–H groups in total. The Labute approximate surface area is 122 Å². The third-order valence-corrected chi connectivity index (χ3v) is 4.37. The van der Waals surface area contributed by atoms with Gasteiger partial charge in [0, 0.05) is 12.5 Å². The first kappa shape index (κ1) is 14.0. The highest BCUT2D eigenvalue weighted by molar-refractivity contribution is 6.04. The number of ketones is 1. The zero-order valence-corrected chi connectivity index (χ0v) is 11.8. The first-order chi connectivity index (χ1) is 10.1. The minimum atomic E-state index is -0.990. The van der Waals surface area contributed by atoms with E-state index in [2.05, 4.69) is 0 Å². The van der Waals surface area contributed by atoms with Gasteiger partial charge in [-0.15, -0.1) is 0 Å². The lowest BCUT2D eigenvalue weighted by Crippen LogP contribution is -2.50. The predicted octanol–water partition coefficient (Wildman–Crippen LogP) is 0.231. The smallest absolute Gasteiger partial charge is 0.328 e. The molecule has 1 aliphatic heterocycles. The lowest BCUT2D eigenvalue weighted by atomic mass is 9.79. The molecule has 6 nitrogen and oxygen atoms in total. The number of rotatable bonds is 4. The number of ether oxygens (including phenoxy) is 2. The van der Waals surface area contributed by atoms with Crippen molar-refractivity contribution in [2.24, 2.45) is 5.92 Å². The van der Waals surface area contributed by atoms with Gasteiger partial charge in [-0.2, -0.15) is 0 Å². The molecule has 0 saturated carbocycles. The van der Waals surface area contributed by atoms with Crippen LogP contribution in [-0.4, -0.2) is 54.5 Å². The fourth-order valence-corrected chi connectivity index (χ4v) is 3.08. The number of nitrogens with zero attached hydrogens (tertiary/aromatic N) is 1. The van der Waals surface area contributed by atoms with Crippen LogP contribution in [0.3, 0.4) is 0 Å². The van der Waals surface area contributed by atoms with Crippen molar-refractivity contribution in [3.63, 3.8) is 0 Å². The van der Waals surface area contributed by atoms with E-state index in [9.17, 15) is 14.4 Å². The number of fused-ring (bicyclic) bond motifs is 1. The third-order valence-electron chi connectivity index (χ3n) is 4.37. The van der Waals surface area contributed by atoms with Crippen molar-refractivity contribution >= 4 is 17.7 Å². The van der Waals surface area contributed by atoms with E-state index in [1.54, 1.807) is 12.2 Å². The van der Waals surface area contributed by atoms with E-state index in [4.69, 9.17) is 9.47 Å². The van der Waals surface area contributed by atoms with Gasteiger partial charge in [-0.1, -0.05) is 12.2 Å². The van der Waals surface area contributed by atoms with Crippen LogP contribution >= 0.6 is 0 Å². The molecule has 112 valence electrons. The maximum absolute atomic E-state index is 12.2. The van der Waals surface area contributed by atoms with Gasteiger partial charge in [0.2, 0.25) is 5.91 Å². The molecule has 0 radical (unpaired) electrons. The highest BCUT2D eigenvalue weighted by atomic mass is 16.5. The Bertz CT molecular complexity index is 552. The van der Waals surface area contributed by atoms with Crippen molar-refractivity contribution in [3.05, 3.63) is 24.3 Å². The Hall–Kier alpha value is -1.95. The predicted molar refractivity (Wildman–Crippen MR) is 72.2 cm³/mol. The second-order valence-corrected chi connectivity index (χ2v) is 5.46. The number of hydrogen-bond donors (Lipinski definition) is 0. The Morgan fingerprint density at radius 2 is 2.24 bits per heavy atom. The van der Waals surface area contributed by atoms with Crippen molar-refractivity contribution in [3.8, 4) is 0 Å². The molecule has 2 unspecified atom stereocenters. The first-order valence-corrected chi connectivity index (χ1v) is 7.02. The zero-order chi connectivity index (χ0) is 15.0. The summed E-state index contributed by atoms with van der Waals surface area (Å²) in [5.41, 5.74) is -0.990. The fourth-order valence-electron chi connectivity index (χ4n) is 3.08. The molecule has 0 bridgehead atoms. The van der Waals surface area contributed by atoms with E-state index in [0.29, 0.717) is 13.0 Å². The average molecular weight is 291 g/mol. The standard InChI is InChI=1S/C15H17NO5/c1-20-14(19)11-3-2-8-16(11)13(18)9-21-15-7-6-10(15)4-5-12(15)17/h4-7,10-11H,2-3,8-9H2,1H3/t10?,11-,15?/m0/s1. The molecule has 0 aromatic rings.